The Hall–Kier alpha value is -1.70. The Labute approximate surface area is 185 Å². The number of anilines is 1. The van der Waals surface area contributed by atoms with Crippen molar-refractivity contribution in [3.63, 3.8) is 0 Å². The van der Waals surface area contributed by atoms with E-state index in [4.69, 9.17) is 30.8 Å². The van der Waals surface area contributed by atoms with E-state index in [0.717, 1.165) is 80.9 Å². The van der Waals surface area contributed by atoms with Gasteiger partial charge >= 0.3 is 0 Å². The molecule has 2 aliphatic rings. The highest BCUT2D eigenvalue weighted by Crippen LogP contribution is 2.33. The van der Waals surface area contributed by atoms with Gasteiger partial charge in [0.1, 0.15) is 5.75 Å². The number of hydrogen-bond acceptors (Lipinski definition) is 5. The first-order chi connectivity index (χ1) is 14.7. The maximum Gasteiger partial charge on any atom is 0.191 e. The fourth-order valence-electron chi connectivity index (χ4n) is 3.87. The van der Waals surface area contributed by atoms with Gasteiger partial charge in [0, 0.05) is 50.5 Å². The van der Waals surface area contributed by atoms with Crippen LogP contribution in [-0.4, -0.2) is 71.2 Å². The lowest BCUT2D eigenvalue weighted by Gasteiger charge is -2.22. The van der Waals surface area contributed by atoms with Crippen molar-refractivity contribution in [3.8, 4) is 5.75 Å². The average molecular weight is 439 g/mol. The van der Waals surface area contributed by atoms with Gasteiger partial charge in [-0.25, -0.2) is 0 Å². The minimum absolute atomic E-state index is 0.288. The first-order valence-corrected chi connectivity index (χ1v) is 11.4. The molecule has 0 amide bonds. The Balaban J connectivity index is 1.43. The van der Waals surface area contributed by atoms with Crippen LogP contribution in [0.5, 0.6) is 5.75 Å². The van der Waals surface area contributed by atoms with E-state index in [2.05, 4.69) is 22.5 Å². The largest absolute Gasteiger partial charge is 0.495 e. The zero-order valence-corrected chi connectivity index (χ0v) is 18.9. The van der Waals surface area contributed by atoms with E-state index in [9.17, 15) is 0 Å². The van der Waals surface area contributed by atoms with Crippen molar-refractivity contribution in [3.05, 3.63) is 23.2 Å². The molecule has 2 saturated heterocycles. The molecular formula is C22H35ClN4O3. The molecule has 2 atom stereocenters. The zero-order chi connectivity index (χ0) is 21.2. The second-order valence-electron chi connectivity index (χ2n) is 7.72. The number of halogens is 1. The van der Waals surface area contributed by atoms with E-state index in [1.807, 2.05) is 18.2 Å². The summed E-state index contributed by atoms with van der Waals surface area (Å²) in [6.07, 6.45) is 4.49. The molecule has 2 unspecified atom stereocenters. The molecular weight excluding hydrogens is 404 g/mol. The van der Waals surface area contributed by atoms with Crippen LogP contribution >= 0.6 is 11.6 Å². The molecule has 0 radical (unpaired) electrons. The van der Waals surface area contributed by atoms with Crippen molar-refractivity contribution in [2.24, 2.45) is 4.99 Å². The Kier molecular flexibility index (Phi) is 9.36. The van der Waals surface area contributed by atoms with Crippen molar-refractivity contribution in [1.82, 2.24) is 10.6 Å². The molecule has 168 valence electrons. The van der Waals surface area contributed by atoms with Crippen molar-refractivity contribution in [2.75, 3.05) is 58.0 Å². The Morgan fingerprint density at radius 2 is 2.27 bits per heavy atom. The third-order valence-corrected chi connectivity index (χ3v) is 5.63. The molecule has 0 saturated carbocycles. The van der Waals surface area contributed by atoms with Crippen molar-refractivity contribution in [1.29, 1.82) is 0 Å². The first kappa shape index (κ1) is 23.0. The predicted octanol–water partition coefficient (Wildman–Crippen LogP) is 3.07. The maximum absolute atomic E-state index is 6.20. The summed E-state index contributed by atoms with van der Waals surface area (Å²) in [6, 6.07) is 6.07. The molecule has 30 heavy (non-hydrogen) atoms. The molecule has 1 aromatic rings. The SMILES string of the molecule is CCNC(=NCCCOCC1CCCO1)NC1CCN(c2cc(Cl)ccc2OC)C1. The number of benzene rings is 1. The van der Waals surface area contributed by atoms with Gasteiger partial charge < -0.3 is 29.7 Å². The van der Waals surface area contributed by atoms with Crippen LogP contribution in [0.2, 0.25) is 5.02 Å². The van der Waals surface area contributed by atoms with Gasteiger partial charge in [-0.05, 0) is 50.8 Å². The van der Waals surface area contributed by atoms with E-state index >= 15 is 0 Å². The average Bonchev–Trinajstić information content (AvgIpc) is 3.43. The highest BCUT2D eigenvalue weighted by Gasteiger charge is 2.25. The lowest BCUT2D eigenvalue weighted by atomic mass is 10.2. The van der Waals surface area contributed by atoms with E-state index in [1.54, 1.807) is 7.11 Å². The van der Waals surface area contributed by atoms with Gasteiger partial charge in [-0.15, -0.1) is 0 Å². The van der Waals surface area contributed by atoms with Gasteiger partial charge in [-0.3, -0.25) is 4.99 Å². The number of rotatable bonds is 10. The summed E-state index contributed by atoms with van der Waals surface area (Å²) in [7, 11) is 1.69. The second-order valence-corrected chi connectivity index (χ2v) is 8.15. The number of hydrogen-bond donors (Lipinski definition) is 2. The molecule has 8 heteroatoms. The monoisotopic (exact) mass is 438 g/mol. The minimum atomic E-state index is 0.288. The molecule has 2 aliphatic heterocycles. The lowest BCUT2D eigenvalue weighted by molar-refractivity contribution is 0.0171. The van der Waals surface area contributed by atoms with Crippen LogP contribution in [0.1, 0.15) is 32.6 Å². The van der Waals surface area contributed by atoms with Crippen molar-refractivity contribution in [2.45, 2.75) is 44.8 Å². The highest BCUT2D eigenvalue weighted by molar-refractivity contribution is 6.30. The summed E-state index contributed by atoms with van der Waals surface area (Å²) in [5.74, 6) is 1.71. The number of nitrogens with one attached hydrogen (secondary N) is 2. The predicted molar refractivity (Wildman–Crippen MR) is 122 cm³/mol. The molecule has 0 spiro atoms. The summed E-state index contributed by atoms with van der Waals surface area (Å²) in [4.78, 5) is 7.02. The maximum atomic E-state index is 6.20. The number of ether oxygens (including phenoxy) is 3. The Morgan fingerprint density at radius 1 is 1.37 bits per heavy atom. The molecule has 0 bridgehead atoms. The van der Waals surface area contributed by atoms with Crippen LogP contribution in [0, 0.1) is 0 Å². The van der Waals surface area contributed by atoms with Gasteiger partial charge in [0.2, 0.25) is 0 Å². The zero-order valence-electron chi connectivity index (χ0n) is 18.2. The first-order valence-electron chi connectivity index (χ1n) is 11.0. The quantitative estimate of drug-likeness (QED) is 0.332. The number of aliphatic imine (C=N–C) groups is 1. The third kappa shape index (κ3) is 6.93. The van der Waals surface area contributed by atoms with Gasteiger partial charge in [0.25, 0.3) is 0 Å². The van der Waals surface area contributed by atoms with E-state index in [-0.39, 0.29) is 6.10 Å². The fraction of sp³-hybridized carbons (Fsp3) is 0.682. The van der Waals surface area contributed by atoms with Crippen LogP contribution in [-0.2, 0) is 9.47 Å². The van der Waals surface area contributed by atoms with Crippen molar-refractivity contribution >= 4 is 23.2 Å². The molecule has 1 aromatic carbocycles. The highest BCUT2D eigenvalue weighted by atomic mass is 35.5. The number of nitrogens with zero attached hydrogens (tertiary/aromatic N) is 2. The minimum Gasteiger partial charge on any atom is -0.495 e. The normalized spacial score (nSPS) is 21.8. The molecule has 0 aliphatic carbocycles. The Bertz CT molecular complexity index is 682. The third-order valence-electron chi connectivity index (χ3n) is 5.40. The van der Waals surface area contributed by atoms with Crippen LogP contribution in [0.4, 0.5) is 5.69 Å². The smallest absolute Gasteiger partial charge is 0.191 e. The van der Waals surface area contributed by atoms with Crippen LogP contribution in [0.15, 0.2) is 23.2 Å². The molecule has 2 heterocycles. The van der Waals surface area contributed by atoms with Gasteiger partial charge in [-0.1, -0.05) is 11.6 Å². The number of guanidine groups is 1. The summed E-state index contributed by atoms with van der Waals surface area (Å²) < 4.78 is 16.8. The van der Waals surface area contributed by atoms with Crippen molar-refractivity contribution < 1.29 is 14.2 Å². The molecule has 3 rings (SSSR count). The van der Waals surface area contributed by atoms with E-state index in [1.165, 1.54) is 0 Å². The summed E-state index contributed by atoms with van der Waals surface area (Å²) >= 11 is 6.20. The van der Waals surface area contributed by atoms with Crippen LogP contribution in [0.3, 0.4) is 0 Å². The Morgan fingerprint density at radius 3 is 3.03 bits per heavy atom. The molecule has 2 N–H and O–H groups in total. The van der Waals surface area contributed by atoms with Crippen LogP contribution < -0.4 is 20.3 Å². The van der Waals surface area contributed by atoms with Gasteiger partial charge in [0.05, 0.1) is 25.5 Å². The molecule has 7 nitrogen and oxygen atoms in total. The standard InChI is InChI=1S/C22H35ClN4O3/c1-3-24-22(25-10-5-12-29-16-19-6-4-13-30-19)26-18-9-11-27(15-18)20-14-17(23)7-8-21(20)28-2/h7-8,14,18-19H,3-6,9-13,15-16H2,1-2H3,(H2,24,25,26). The van der Waals surface area contributed by atoms with Gasteiger partial charge in [0.15, 0.2) is 5.96 Å². The summed E-state index contributed by atoms with van der Waals surface area (Å²) in [5, 5.41) is 7.63. The number of methoxy groups -OCH3 is 1. The topological polar surface area (TPSA) is 67.4 Å². The summed E-state index contributed by atoms with van der Waals surface area (Å²) in [6.45, 7) is 7.77. The van der Waals surface area contributed by atoms with Gasteiger partial charge in [-0.2, -0.15) is 0 Å². The molecule has 2 fully saturated rings. The van der Waals surface area contributed by atoms with E-state index in [0.29, 0.717) is 19.3 Å². The lowest BCUT2D eigenvalue weighted by Crippen LogP contribution is -2.44. The van der Waals surface area contributed by atoms with E-state index < -0.39 is 0 Å². The second kappa shape index (κ2) is 12.2. The fourth-order valence-corrected chi connectivity index (χ4v) is 4.03. The molecule has 0 aromatic heterocycles. The van der Waals surface area contributed by atoms with Crippen LogP contribution in [0.25, 0.3) is 0 Å². The summed E-state index contributed by atoms with van der Waals surface area (Å²) in [5.41, 5.74) is 1.04.